The topological polar surface area (TPSA) is 26.8 Å². The minimum atomic E-state index is -0.192. The van der Waals surface area contributed by atoms with Gasteiger partial charge in [-0.15, -0.1) is 0 Å². The molecule has 2 aromatic carbocycles. The van der Waals surface area contributed by atoms with Gasteiger partial charge in [0.2, 0.25) is 0 Å². The number of benzene rings is 2. The van der Waals surface area contributed by atoms with Crippen LogP contribution in [0.5, 0.6) is 0 Å². The molecule has 0 unspecified atom stereocenters. The Morgan fingerprint density at radius 3 is 2.50 bits per heavy atom. The molecule has 1 saturated heterocycles. The molecule has 2 aliphatic rings. The quantitative estimate of drug-likeness (QED) is 0.677. The molecule has 4 nitrogen and oxygen atoms in total. The maximum absolute atomic E-state index is 13.1. The number of carbonyl (C=O) groups is 1. The van der Waals surface area contributed by atoms with Crippen molar-refractivity contribution in [1.82, 2.24) is 9.21 Å². The molecule has 0 atom stereocenters. The Morgan fingerprint density at radius 2 is 1.75 bits per heavy atom. The molecule has 1 fully saturated rings. The van der Waals surface area contributed by atoms with Crippen LogP contribution in [-0.4, -0.2) is 60.8 Å². The zero-order chi connectivity index (χ0) is 19.5. The largest absolute Gasteiger partial charge is 0.369 e. The van der Waals surface area contributed by atoms with Crippen molar-refractivity contribution in [3.63, 3.8) is 0 Å². The number of piperazine rings is 1. The zero-order valence-electron chi connectivity index (χ0n) is 15.6. The first-order chi connectivity index (χ1) is 13.6. The van der Waals surface area contributed by atoms with Crippen LogP contribution in [0, 0.1) is 5.82 Å². The van der Waals surface area contributed by atoms with E-state index in [9.17, 15) is 9.18 Å². The highest BCUT2D eigenvalue weighted by atomic mass is 35.5. The van der Waals surface area contributed by atoms with E-state index in [1.54, 1.807) is 18.0 Å². The lowest BCUT2D eigenvalue weighted by atomic mass is 10.1. The van der Waals surface area contributed by atoms with Crippen molar-refractivity contribution < 1.29 is 9.18 Å². The SMILES string of the molecule is O=C1CN(CCCN2CCN(c3ccc(F)cc3)CC2)Sc2ccc(Cl)cc21. The molecule has 7 heteroatoms. The second kappa shape index (κ2) is 8.82. The van der Waals surface area contributed by atoms with E-state index in [-0.39, 0.29) is 11.6 Å². The van der Waals surface area contributed by atoms with Crippen molar-refractivity contribution in [2.75, 3.05) is 50.7 Å². The zero-order valence-corrected chi connectivity index (χ0v) is 17.2. The second-order valence-electron chi connectivity index (χ2n) is 7.18. The average Bonchev–Trinajstić information content (AvgIpc) is 2.70. The van der Waals surface area contributed by atoms with E-state index in [1.807, 2.05) is 24.3 Å². The van der Waals surface area contributed by atoms with E-state index in [0.717, 1.165) is 61.8 Å². The normalized spacial score (nSPS) is 18.4. The van der Waals surface area contributed by atoms with Gasteiger partial charge in [0, 0.05) is 53.9 Å². The van der Waals surface area contributed by atoms with Crippen LogP contribution in [0.15, 0.2) is 47.4 Å². The van der Waals surface area contributed by atoms with Crippen LogP contribution >= 0.6 is 23.5 Å². The molecular weight excluding hydrogens is 397 g/mol. The summed E-state index contributed by atoms with van der Waals surface area (Å²) in [5, 5.41) is 0.612. The third-order valence-electron chi connectivity index (χ3n) is 5.24. The fraction of sp³-hybridized carbons (Fsp3) is 0.381. The van der Waals surface area contributed by atoms with Gasteiger partial charge in [-0.05, 0) is 67.4 Å². The molecule has 0 aromatic heterocycles. The van der Waals surface area contributed by atoms with Crippen molar-refractivity contribution in [2.45, 2.75) is 11.3 Å². The number of rotatable bonds is 5. The summed E-state index contributed by atoms with van der Waals surface area (Å²) in [6, 6.07) is 12.3. The molecule has 4 rings (SSSR count). The number of carbonyl (C=O) groups excluding carboxylic acids is 1. The summed E-state index contributed by atoms with van der Waals surface area (Å²) in [4.78, 5) is 18.1. The highest BCUT2D eigenvalue weighted by Crippen LogP contribution is 2.33. The summed E-state index contributed by atoms with van der Waals surface area (Å²) in [6.45, 7) is 6.27. The van der Waals surface area contributed by atoms with Crippen LogP contribution < -0.4 is 4.90 Å². The fourth-order valence-electron chi connectivity index (χ4n) is 3.69. The summed E-state index contributed by atoms with van der Waals surface area (Å²) in [5.74, 6) is -0.0497. The molecule has 28 heavy (non-hydrogen) atoms. The smallest absolute Gasteiger partial charge is 0.179 e. The van der Waals surface area contributed by atoms with Gasteiger partial charge < -0.3 is 4.90 Å². The van der Waals surface area contributed by atoms with Crippen LogP contribution in [0.2, 0.25) is 5.02 Å². The molecule has 148 valence electrons. The van der Waals surface area contributed by atoms with Crippen LogP contribution in [0.3, 0.4) is 0 Å². The van der Waals surface area contributed by atoms with Gasteiger partial charge in [-0.2, -0.15) is 0 Å². The Hall–Kier alpha value is -1.60. The minimum absolute atomic E-state index is 0.143. The van der Waals surface area contributed by atoms with Crippen molar-refractivity contribution in [3.8, 4) is 0 Å². The molecule has 0 amide bonds. The summed E-state index contributed by atoms with van der Waals surface area (Å²) in [7, 11) is 0. The number of halogens is 2. The lowest BCUT2D eigenvalue weighted by Gasteiger charge is -2.36. The monoisotopic (exact) mass is 419 g/mol. The van der Waals surface area contributed by atoms with Crippen LogP contribution in [0.25, 0.3) is 0 Å². The van der Waals surface area contributed by atoms with Gasteiger partial charge in [0.1, 0.15) is 5.82 Å². The van der Waals surface area contributed by atoms with E-state index in [0.29, 0.717) is 11.6 Å². The van der Waals surface area contributed by atoms with Gasteiger partial charge in [0.05, 0.1) is 6.54 Å². The first-order valence-corrected chi connectivity index (χ1v) is 10.7. The highest BCUT2D eigenvalue weighted by molar-refractivity contribution is 7.97. The van der Waals surface area contributed by atoms with Gasteiger partial charge in [0.25, 0.3) is 0 Å². The summed E-state index contributed by atoms with van der Waals surface area (Å²) in [6.07, 6.45) is 1.03. The number of anilines is 1. The maximum atomic E-state index is 13.1. The van der Waals surface area contributed by atoms with Gasteiger partial charge in [-0.25, -0.2) is 8.70 Å². The van der Waals surface area contributed by atoms with Crippen molar-refractivity contribution in [2.24, 2.45) is 0 Å². The van der Waals surface area contributed by atoms with Crippen molar-refractivity contribution in [3.05, 3.63) is 58.9 Å². The third kappa shape index (κ3) is 4.69. The summed E-state index contributed by atoms with van der Waals surface area (Å²) in [5.41, 5.74) is 1.83. The molecule has 0 bridgehead atoms. The highest BCUT2D eigenvalue weighted by Gasteiger charge is 2.24. The maximum Gasteiger partial charge on any atom is 0.179 e. The molecule has 0 spiro atoms. The standard InChI is InChI=1S/C21H23ClFN3OS/c22-16-2-7-21-19(14-16)20(27)15-26(28-21)9-1-8-24-10-12-25(13-11-24)18-5-3-17(23)4-6-18/h2-7,14H,1,8-13,15H2. The Morgan fingerprint density at radius 1 is 1.00 bits per heavy atom. The van der Waals surface area contributed by atoms with Gasteiger partial charge in [-0.1, -0.05) is 11.6 Å². The Kier molecular flexibility index (Phi) is 6.21. The number of nitrogens with zero attached hydrogens (tertiary/aromatic N) is 3. The van der Waals surface area contributed by atoms with Crippen molar-refractivity contribution in [1.29, 1.82) is 0 Å². The second-order valence-corrected chi connectivity index (χ2v) is 8.75. The van der Waals surface area contributed by atoms with Gasteiger partial charge in [0.15, 0.2) is 5.78 Å². The minimum Gasteiger partial charge on any atom is -0.369 e. The van der Waals surface area contributed by atoms with E-state index in [1.165, 1.54) is 12.1 Å². The van der Waals surface area contributed by atoms with Crippen LogP contribution in [0.4, 0.5) is 10.1 Å². The lowest BCUT2D eigenvalue weighted by molar-refractivity contribution is 0.0961. The Balaban J connectivity index is 1.22. The molecular formula is C21H23ClFN3OS. The molecule has 0 aliphatic carbocycles. The average molecular weight is 420 g/mol. The van der Waals surface area contributed by atoms with E-state index in [2.05, 4.69) is 14.1 Å². The van der Waals surface area contributed by atoms with E-state index >= 15 is 0 Å². The molecule has 2 aliphatic heterocycles. The van der Waals surface area contributed by atoms with E-state index in [4.69, 9.17) is 11.6 Å². The predicted octanol–water partition coefficient (Wildman–Crippen LogP) is 4.20. The predicted molar refractivity (Wildman–Crippen MR) is 113 cm³/mol. The number of hydrogen-bond donors (Lipinski definition) is 0. The molecule has 0 saturated carbocycles. The van der Waals surface area contributed by atoms with Crippen LogP contribution in [-0.2, 0) is 0 Å². The molecule has 2 heterocycles. The number of fused-ring (bicyclic) bond motifs is 1. The Bertz CT molecular complexity index is 840. The number of hydrogen-bond acceptors (Lipinski definition) is 5. The number of Topliss-reactive ketones (excluding diaryl/α,β-unsaturated/α-hetero) is 1. The first kappa shape index (κ1) is 19.7. The van der Waals surface area contributed by atoms with Gasteiger partial charge >= 0.3 is 0 Å². The van der Waals surface area contributed by atoms with Crippen LogP contribution in [0.1, 0.15) is 16.8 Å². The Labute approximate surface area is 174 Å². The number of ketones is 1. The lowest BCUT2D eigenvalue weighted by Crippen LogP contribution is -2.47. The first-order valence-electron chi connectivity index (χ1n) is 9.57. The summed E-state index contributed by atoms with van der Waals surface area (Å²) < 4.78 is 15.2. The molecule has 2 aromatic rings. The molecule has 0 radical (unpaired) electrons. The fourth-order valence-corrected chi connectivity index (χ4v) is 4.95. The van der Waals surface area contributed by atoms with Crippen molar-refractivity contribution >= 4 is 35.0 Å². The third-order valence-corrected chi connectivity index (χ3v) is 6.59. The summed E-state index contributed by atoms with van der Waals surface area (Å²) >= 11 is 7.65. The van der Waals surface area contributed by atoms with E-state index < -0.39 is 0 Å². The van der Waals surface area contributed by atoms with Gasteiger partial charge in [-0.3, -0.25) is 9.69 Å². The molecule has 0 N–H and O–H groups in total.